The summed E-state index contributed by atoms with van der Waals surface area (Å²) in [7, 11) is 0. The molecule has 0 aliphatic heterocycles. The van der Waals surface area contributed by atoms with Crippen molar-refractivity contribution < 1.29 is 24.2 Å². The second kappa shape index (κ2) is 9.52. The van der Waals surface area contributed by atoms with Crippen molar-refractivity contribution in [3.8, 4) is 11.1 Å². The Morgan fingerprint density at radius 2 is 1.59 bits per heavy atom. The lowest BCUT2D eigenvalue weighted by Crippen LogP contribution is -2.42. The smallest absolute Gasteiger partial charge is 0.326 e. The normalized spacial score (nSPS) is 12.7. The van der Waals surface area contributed by atoms with Crippen LogP contribution in [0.4, 0.5) is 0 Å². The lowest BCUT2D eigenvalue weighted by Gasteiger charge is -2.18. The van der Waals surface area contributed by atoms with Crippen molar-refractivity contribution in [3.05, 3.63) is 60.2 Å². The first-order chi connectivity index (χ1) is 12.9. The van der Waals surface area contributed by atoms with Gasteiger partial charge in [0.15, 0.2) is 0 Å². The molecule has 2 aromatic carbocycles. The maximum Gasteiger partial charge on any atom is 0.326 e. The van der Waals surface area contributed by atoms with Crippen molar-refractivity contribution in [2.24, 2.45) is 5.92 Å². The zero-order valence-electron chi connectivity index (χ0n) is 15.3. The highest BCUT2D eigenvalue weighted by molar-refractivity contribution is 5.97. The molecule has 0 saturated carbocycles. The Labute approximate surface area is 158 Å². The molecule has 1 amide bonds. The molecule has 0 fully saturated rings. The van der Waals surface area contributed by atoms with Gasteiger partial charge < -0.3 is 15.2 Å². The molecule has 0 aliphatic carbocycles. The van der Waals surface area contributed by atoms with E-state index in [1.807, 2.05) is 30.3 Å². The summed E-state index contributed by atoms with van der Waals surface area (Å²) in [5, 5.41) is 11.8. The fourth-order valence-corrected chi connectivity index (χ4v) is 2.64. The van der Waals surface area contributed by atoms with Crippen molar-refractivity contribution in [2.45, 2.75) is 26.3 Å². The molecule has 6 heteroatoms. The fraction of sp³-hybridized carbons (Fsp3) is 0.286. The third-order valence-corrected chi connectivity index (χ3v) is 4.14. The summed E-state index contributed by atoms with van der Waals surface area (Å²) in [4.78, 5) is 35.5. The van der Waals surface area contributed by atoms with Crippen LogP contribution in [0.25, 0.3) is 11.1 Å². The van der Waals surface area contributed by atoms with Gasteiger partial charge in [-0.05, 0) is 36.6 Å². The summed E-state index contributed by atoms with van der Waals surface area (Å²) in [6.07, 6.45) is -0.0397. The molecule has 0 aromatic heterocycles. The quantitative estimate of drug-likeness (QED) is 0.698. The van der Waals surface area contributed by atoms with E-state index in [4.69, 9.17) is 4.74 Å². The minimum atomic E-state index is -1.19. The Kier molecular flexibility index (Phi) is 7.11. The molecule has 2 rings (SSSR count). The number of hydrogen-bond donors (Lipinski definition) is 2. The van der Waals surface area contributed by atoms with Crippen molar-refractivity contribution in [2.75, 3.05) is 6.61 Å². The van der Waals surface area contributed by atoms with Gasteiger partial charge in [-0.15, -0.1) is 0 Å². The van der Waals surface area contributed by atoms with Crippen molar-refractivity contribution >= 4 is 17.8 Å². The molecule has 0 heterocycles. The van der Waals surface area contributed by atoms with Crippen LogP contribution in [0.5, 0.6) is 0 Å². The average Bonchev–Trinajstić information content (AvgIpc) is 2.68. The van der Waals surface area contributed by atoms with E-state index in [0.29, 0.717) is 5.56 Å². The van der Waals surface area contributed by atoms with Crippen molar-refractivity contribution in [3.63, 3.8) is 0 Å². The Hall–Kier alpha value is -3.15. The van der Waals surface area contributed by atoms with Gasteiger partial charge in [-0.1, -0.05) is 49.4 Å². The van der Waals surface area contributed by atoms with Crippen LogP contribution < -0.4 is 5.32 Å². The molecular formula is C21H23NO5. The molecule has 0 saturated heterocycles. The maximum atomic E-state index is 12.4. The summed E-state index contributed by atoms with van der Waals surface area (Å²) in [5.74, 6) is -2.81. The van der Waals surface area contributed by atoms with E-state index in [0.717, 1.165) is 11.1 Å². The molecule has 0 radical (unpaired) electrons. The van der Waals surface area contributed by atoms with Crippen LogP contribution in [0.15, 0.2) is 54.6 Å². The van der Waals surface area contributed by atoms with Crippen LogP contribution in [-0.4, -0.2) is 35.6 Å². The Bertz CT molecular complexity index is 786. The van der Waals surface area contributed by atoms with E-state index in [-0.39, 0.29) is 13.0 Å². The first kappa shape index (κ1) is 20.2. The number of nitrogens with one attached hydrogen (secondary N) is 1. The van der Waals surface area contributed by atoms with Crippen molar-refractivity contribution in [1.29, 1.82) is 0 Å². The van der Waals surface area contributed by atoms with Gasteiger partial charge in [0.2, 0.25) is 0 Å². The fourth-order valence-electron chi connectivity index (χ4n) is 2.64. The zero-order valence-corrected chi connectivity index (χ0v) is 15.3. The third kappa shape index (κ3) is 5.67. The number of esters is 1. The summed E-state index contributed by atoms with van der Waals surface area (Å²) in [6.45, 7) is 3.48. The standard InChI is InChI=1S/C21H23NO5/c1-3-27-21(26)14(2)13-18(20(24)25)22-19(23)17-11-9-16(10-12-17)15-7-5-4-6-8-15/h4-12,14,18H,3,13H2,1-2H3,(H,22,23)(H,24,25)/t14-,18-/m0/s1. The molecule has 0 spiro atoms. The van der Waals surface area contributed by atoms with E-state index < -0.39 is 29.8 Å². The molecule has 0 bridgehead atoms. The van der Waals surface area contributed by atoms with Gasteiger partial charge in [-0.25, -0.2) is 4.79 Å². The van der Waals surface area contributed by atoms with E-state index in [1.54, 1.807) is 38.1 Å². The average molecular weight is 369 g/mol. The van der Waals surface area contributed by atoms with Crippen LogP contribution in [0.3, 0.4) is 0 Å². The second-order valence-electron chi connectivity index (χ2n) is 6.20. The van der Waals surface area contributed by atoms with Gasteiger partial charge in [0.25, 0.3) is 5.91 Å². The van der Waals surface area contributed by atoms with E-state index in [1.165, 1.54) is 0 Å². The van der Waals surface area contributed by atoms with Gasteiger partial charge in [-0.3, -0.25) is 9.59 Å². The second-order valence-corrected chi connectivity index (χ2v) is 6.20. The number of carboxylic acids is 1. The number of carbonyl (C=O) groups is 3. The van der Waals surface area contributed by atoms with Gasteiger partial charge in [0.05, 0.1) is 12.5 Å². The largest absolute Gasteiger partial charge is 0.480 e. The number of amides is 1. The lowest BCUT2D eigenvalue weighted by molar-refractivity contribution is -0.148. The Morgan fingerprint density at radius 3 is 2.15 bits per heavy atom. The molecule has 2 atom stereocenters. The predicted molar refractivity (Wildman–Crippen MR) is 101 cm³/mol. The van der Waals surface area contributed by atoms with Gasteiger partial charge in [0, 0.05) is 5.56 Å². The number of carboxylic acid groups (broad SMARTS) is 1. The van der Waals surface area contributed by atoms with E-state index >= 15 is 0 Å². The first-order valence-corrected chi connectivity index (χ1v) is 8.78. The first-order valence-electron chi connectivity index (χ1n) is 8.78. The third-order valence-electron chi connectivity index (χ3n) is 4.14. The molecule has 142 valence electrons. The number of hydrogen-bond acceptors (Lipinski definition) is 4. The summed E-state index contributed by atoms with van der Waals surface area (Å²) >= 11 is 0. The highest BCUT2D eigenvalue weighted by Gasteiger charge is 2.26. The number of aliphatic carboxylic acids is 1. The summed E-state index contributed by atoms with van der Waals surface area (Å²) < 4.78 is 4.88. The van der Waals surface area contributed by atoms with E-state index in [9.17, 15) is 19.5 Å². The monoisotopic (exact) mass is 369 g/mol. The van der Waals surface area contributed by atoms with Gasteiger partial charge in [-0.2, -0.15) is 0 Å². The Balaban J connectivity index is 2.04. The number of benzene rings is 2. The SMILES string of the molecule is CCOC(=O)[C@@H](C)C[C@H](NC(=O)c1ccc(-c2ccccc2)cc1)C(=O)O. The minimum Gasteiger partial charge on any atom is -0.480 e. The summed E-state index contributed by atoms with van der Waals surface area (Å²) in [6, 6.07) is 15.4. The number of carbonyl (C=O) groups excluding carboxylic acids is 2. The van der Waals surface area contributed by atoms with Gasteiger partial charge >= 0.3 is 11.9 Å². The number of rotatable bonds is 8. The molecule has 27 heavy (non-hydrogen) atoms. The van der Waals surface area contributed by atoms with Crippen molar-refractivity contribution in [1.82, 2.24) is 5.32 Å². The highest BCUT2D eigenvalue weighted by atomic mass is 16.5. The molecule has 6 nitrogen and oxygen atoms in total. The van der Waals surface area contributed by atoms with E-state index in [2.05, 4.69) is 5.32 Å². The van der Waals surface area contributed by atoms with Crippen LogP contribution in [0.2, 0.25) is 0 Å². The molecule has 2 N–H and O–H groups in total. The highest BCUT2D eigenvalue weighted by Crippen LogP contribution is 2.19. The van der Waals surface area contributed by atoms with Crippen LogP contribution in [-0.2, 0) is 14.3 Å². The zero-order chi connectivity index (χ0) is 19.8. The van der Waals surface area contributed by atoms with Gasteiger partial charge in [0.1, 0.15) is 6.04 Å². The molecular weight excluding hydrogens is 346 g/mol. The molecule has 0 unspecified atom stereocenters. The number of ether oxygens (including phenoxy) is 1. The van der Waals surface area contributed by atoms with Crippen LogP contribution in [0, 0.1) is 5.92 Å². The Morgan fingerprint density at radius 1 is 1.00 bits per heavy atom. The molecule has 0 aliphatic rings. The minimum absolute atomic E-state index is 0.0397. The topological polar surface area (TPSA) is 92.7 Å². The summed E-state index contributed by atoms with van der Waals surface area (Å²) in [5.41, 5.74) is 2.33. The lowest BCUT2D eigenvalue weighted by atomic mass is 10.0. The van der Waals surface area contributed by atoms with Crippen LogP contribution >= 0.6 is 0 Å². The van der Waals surface area contributed by atoms with Crippen LogP contribution in [0.1, 0.15) is 30.6 Å². The maximum absolute atomic E-state index is 12.4. The predicted octanol–water partition coefficient (Wildman–Crippen LogP) is 3.13. The molecule has 2 aromatic rings.